The Morgan fingerprint density at radius 3 is 2.58 bits per heavy atom. The lowest BCUT2D eigenvalue weighted by molar-refractivity contribution is -0.125. The molecule has 1 amide bonds. The molecule has 0 aliphatic carbocycles. The molecule has 0 aromatic heterocycles. The van der Waals surface area contributed by atoms with Crippen molar-refractivity contribution in [3.8, 4) is 23.0 Å². The number of aliphatic imine (C=N–C) groups is 1. The number of hydrogen-bond acceptors (Lipinski definition) is 8. The summed E-state index contributed by atoms with van der Waals surface area (Å²) in [5, 5.41) is 0.530. The number of fused-ring (bicyclic) bond motifs is 1. The minimum absolute atomic E-state index is 0.0949. The maximum absolute atomic E-state index is 13.1. The predicted octanol–water partition coefficient (Wildman–Crippen LogP) is 4.03. The summed E-state index contributed by atoms with van der Waals surface area (Å²) in [6, 6.07) is 10.9. The Hall–Kier alpha value is -3.17. The molecule has 2 aromatic carbocycles. The first-order chi connectivity index (χ1) is 15.1. The zero-order valence-electron chi connectivity index (χ0n) is 17.4. The van der Waals surface area contributed by atoms with Crippen LogP contribution in [0.25, 0.3) is 6.08 Å². The average Bonchev–Trinajstić information content (AvgIpc) is 3.34. The van der Waals surface area contributed by atoms with Gasteiger partial charge in [0.15, 0.2) is 16.7 Å². The van der Waals surface area contributed by atoms with E-state index in [1.54, 1.807) is 19.3 Å². The molecule has 2 aliphatic rings. The van der Waals surface area contributed by atoms with Gasteiger partial charge >= 0.3 is 0 Å². The molecule has 9 heteroatoms. The van der Waals surface area contributed by atoms with Crippen molar-refractivity contribution >= 4 is 34.6 Å². The van der Waals surface area contributed by atoms with Crippen LogP contribution in [0.5, 0.6) is 23.0 Å². The van der Waals surface area contributed by atoms with E-state index in [2.05, 4.69) is 4.99 Å². The van der Waals surface area contributed by atoms with Crippen LogP contribution in [0.15, 0.2) is 46.3 Å². The van der Waals surface area contributed by atoms with E-state index in [4.69, 9.17) is 23.7 Å². The third kappa shape index (κ3) is 4.47. The minimum Gasteiger partial charge on any atom is -0.497 e. The van der Waals surface area contributed by atoms with E-state index in [1.807, 2.05) is 37.3 Å². The van der Waals surface area contributed by atoms with Crippen LogP contribution in [0.2, 0.25) is 0 Å². The van der Waals surface area contributed by atoms with Crippen molar-refractivity contribution in [3.05, 3.63) is 46.9 Å². The first-order valence-electron chi connectivity index (χ1n) is 9.62. The molecule has 4 rings (SSSR count). The Morgan fingerprint density at radius 2 is 1.90 bits per heavy atom. The summed E-state index contributed by atoms with van der Waals surface area (Å²) < 4.78 is 27.1. The van der Waals surface area contributed by atoms with Gasteiger partial charge in [-0.2, -0.15) is 0 Å². The number of amidine groups is 1. The first kappa shape index (κ1) is 21.1. The monoisotopic (exact) mass is 442 g/mol. The Labute approximate surface area is 184 Å². The van der Waals surface area contributed by atoms with Crippen molar-refractivity contribution in [3.63, 3.8) is 0 Å². The van der Waals surface area contributed by atoms with E-state index in [9.17, 15) is 4.79 Å². The van der Waals surface area contributed by atoms with E-state index >= 15 is 0 Å². The molecule has 0 bridgehead atoms. The lowest BCUT2D eigenvalue weighted by Crippen LogP contribution is -2.30. The number of carbonyl (C=O) groups excluding carboxylic acids is 1. The summed E-state index contributed by atoms with van der Waals surface area (Å²) in [6.07, 6.45) is 1.78. The number of amides is 1. The first-order valence-corrected chi connectivity index (χ1v) is 10.4. The highest BCUT2D eigenvalue weighted by molar-refractivity contribution is 8.18. The number of carbonyl (C=O) groups is 1. The highest BCUT2D eigenvalue weighted by Crippen LogP contribution is 2.41. The molecule has 0 atom stereocenters. The smallest absolute Gasteiger partial charge is 0.268 e. The Morgan fingerprint density at radius 1 is 1.16 bits per heavy atom. The molecule has 1 fully saturated rings. The van der Waals surface area contributed by atoms with Gasteiger partial charge in [0.25, 0.3) is 5.91 Å². The number of nitrogens with zero attached hydrogens (tertiary/aromatic N) is 2. The minimum atomic E-state index is -0.195. The second kappa shape index (κ2) is 9.32. The van der Waals surface area contributed by atoms with Crippen molar-refractivity contribution in [1.82, 2.24) is 4.90 Å². The van der Waals surface area contributed by atoms with Crippen LogP contribution in [0.4, 0.5) is 5.69 Å². The fraction of sp³-hybridized carbons (Fsp3) is 0.273. The average molecular weight is 442 g/mol. The summed E-state index contributed by atoms with van der Waals surface area (Å²) >= 11 is 1.28. The largest absolute Gasteiger partial charge is 0.497 e. The Balaban J connectivity index is 1.68. The van der Waals surface area contributed by atoms with Gasteiger partial charge in [0.2, 0.25) is 6.79 Å². The maximum Gasteiger partial charge on any atom is 0.268 e. The van der Waals surface area contributed by atoms with Crippen LogP contribution < -0.4 is 18.9 Å². The molecule has 0 radical (unpaired) electrons. The molecule has 0 saturated carbocycles. The quantitative estimate of drug-likeness (QED) is 0.599. The molecule has 0 spiro atoms. The van der Waals surface area contributed by atoms with Gasteiger partial charge in [-0.1, -0.05) is 0 Å². The molecule has 2 aromatic rings. The van der Waals surface area contributed by atoms with Gasteiger partial charge in [0.1, 0.15) is 18.2 Å². The predicted molar refractivity (Wildman–Crippen MR) is 118 cm³/mol. The Bertz CT molecular complexity index is 1040. The van der Waals surface area contributed by atoms with E-state index in [1.165, 1.54) is 23.8 Å². The number of methoxy groups -OCH3 is 2. The topological polar surface area (TPSA) is 78.8 Å². The van der Waals surface area contributed by atoms with Crippen LogP contribution in [0, 0.1) is 0 Å². The molecule has 0 unspecified atom stereocenters. The molecule has 0 N–H and O–H groups in total. The van der Waals surface area contributed by atoms with Gasteiger partial charge in [0.05, 0.1) is 24.3 Å². The van der Waals surface area contributed by atoms with E-state index < -0.39 is 0 Å². The highest BCUT2D eigenvalue weighted by Gasteiger charge is 2.34. The second-order valence-electron chi connectivity index (χ2n) is 6.53. The van der Waals surface area contributed by atoms with Gasteiger partial charge in [-0.05, 0) is 55.1 Å². The number of rotatable bonds is 7. The zero-order valence-corrected chi connectivity index (χ0v) is 18.2. The number of thioether (sulfide) groups is 1. The van der Waals surface area contributed by atoms with Crippen LogP contribution in [-0.2, 0) is 9.53 Å². The molecule has 8 nitrogen and oxygen atoms in total. The standard InChI is InChI=1S/C22H22N2O6S/c1-4-28-17-11-19-18(29-13-30-19)9-14(17)10-20-21(25)24(12-26-2)22(31-20)23-15-5-7-16(27-3)8-6-15/h5-11H,4,12-13H2,1-3H3. The van der Waals surface area contributed by atoms with E-state index in [-0.39, 0.29) is 19.4 Å². The lowest BCUT2D eigenvalue weighted by Gasteiger charge is -2.13. The zero-order chi connectivity index (χ0) is 21.8. The van der Waals surface area contributed by atoms with E-state index in [0.717, 1.165) is 11.3 Å². The number of ether oxygens (including phenoxy) is 5. The summed E-state index contributed by atoms with van der Waals surface area (Å²) in [7, 11) is 3.14. The maximum atomic E-state index is 13.1. The lowest BCUT2D eigenvalue weighted by atomic mass is 10.1. The second-order valence-corrected chi connectivity index (χ2v) is 7.54. The van der Waals surface area contributed by atoms with Gasteiger partial charge in [-0.3, -0.25) is 9.69 Å². The van der Waals surface area contributed by atoms with Crippen molar-refractivity contribution < 1.29 is 28.5 Å². The number of hydrogen-bond donors (Lipinski definition) is 0. The van der Waals surface area contributed by atoms with Crippen LogP contribution in [0.1, 0.15) is 12.5 Å². The van der Waals surface area contributed by atoms with Gasteiger partial charge < -0.3 is 23.7 Å². The van der Waals surface area contributed by atoms with Crippen LogP contribution >= 0.6 is 11.8 Å². The molecular formula is C22H22N2O6S. The summed E-state index contributed by atoms with van der Waals surface area (Å²) in [5.41, 5.74) is 1.43. The van der Waals surface area contributed by atoms with E-state index in [0.29, 0.717) is 39.6 Å². The van der Waals surface area contributed by atoms with Crippen LogP contribution in [0.3, 0.4) is 0 Å². The third-order valence-electron chi connectivity index (χ3n) is 4.53. The summed E-state index contributed by atoms with van der Waals surface area (Å²) in [4.78, 5) is 19.7. The van der Waals surface area contributed by atoms with Crippen molar-refractivity contribution in [2.45, 2.75) is 6.92 Å². The van der Waals surface area contributed by atoms with Gasteiger partial charge in [-0.25, -0.2) is 4.99 Å². The molecule has 2 aliphatic heterocycles. The SMILES string of the molecule is CCOc1cc2c(cc1C=C1SC(=Nc3ccc(OC)cc3)N(COC)C1=O)OCO2. The fourth-order valence-electron chi connectivity index (χ4n) is 3.08. The summed E-state index contributed by atoms with van der Waals surface area (Å²) in [5.74, 6) is 2.40. The van der Waals surface area contributed by atoms with Crippen molar-refractivity contribution in [2.24, 2.45) is 4.99 Å². The summed E-state index contributed by atoms with van der Waals surface area (Å²) in [6.45, 7) is 2.64. The Kier molecular flexibility index (Phi) is 6.34. The highest BCUT2D eigenvalue weighted by atomic mass is 32.2. The van der Waals surface area contributed by atoms with Gasteiger partial charge in [-0.15, -0.1) is 0 Å². The molecule has 2 heterocycles. The van der Waals surface area contributed by atoms with Crippen molar-refractivity contribution in [2.75, 3.05) is 34.4 Å². The molecule has 31 heavy (non-hydrogen) atoms. The normalized spacial score (nSPS) is 17.6. The third-order valence-corrected chi connectivity index (χ3v) is 5.54. The molecular weight excluding hydrogens is 420 g/mol. The number of benzene rings is 2. The van der Waals surface area contributed by atoms with Crippen LogP contribution in [-0.4, -0.2) is 50.3 Å². The fourth-order valence-corrected chi connectivity index (χ4v) is 4.05. The molecule has 162 valence electrons. The van der Waals surface area contributed by atoms with Gasteiger partial charge in [0, 0.05) is 18.7 Å². The van der Waals surface area contributed by atoms with Crippen molar-refractivity contribution in [1.29, 1.82) is 0 Å². The molecule has 1 saturated heterocycles.